The summed E-state index contributed by atoms with van der Waals surface area (Å²) in [6.45, 7) is 0. The van der Waals surface area contributed by atoms with Gasteiger partial charge in [0, 0.05) is 4.47 Å². The quantitative estimate of drug-likeness (QED) is 0.352. The molecule has 0 aliphatic rings. The fourth-order valence-electron chi connectivity index (χ4n) is 2.76. The molecule has 0 bridgehead atoms. The lowest BCUT2D eigenvalue weighted by atomic mass is 9.99. The third kappa shape index (κ3) is 2.34. The molecule has 100 valence electrons. The number of benzene rings is 4. The summed E-state index contributed by atoms with van der Waals surface area (Å²) in [5, 5.41) is 5.16. The van der Waals surface area contributed by atoms with E-state index in [2.05, 4.69) is 94.8 Å². The molecule has 0 fully saturated rings. The minimum Gasteiger partial charge on any atom is -0.0616 e. The summed E-state index contributed by atoms with van der Waals surface area (Å²) >= 11 is 3.48. The molecule has 0 aromatic heterocycles. The van der Waals surface area contributed by atoms with E-state index in [0.29, 0.717) is 0 Å². The molecule has 0 heterocycles. The zero-order valence-corrected chi connectivity index (χ0v) is 13.0. The fraction of sp³-hybridized carbons (Fsp3) is 0. The Hall–Kier alpha value is -2.12. The van der Waals surface area contributed by atoms with Crippen molar-refractivity contribution in [2.75, 3.05) is 0 Å². The number of halogens is 1. The first-order valence-electron chi connectivity index (χ1n) is 6.98. The van der Waals surface area contributed by atoms with Crippen molar-refractivity contribution in [3.05, 3.63) is 83.3 Å². The van der Waals surface area contributed by atoms with E-state index >= 15 is 0 Å². The van der Waals surface area contributed by atoms with Gasteiger partial charge in [-0.1, -0.05) is 64.5 Å². The molecular weight excluding hydrogens is 320 g/mol. The highest BCUT2D eigenvalue weighted by atomic mass is 79.9. The Balaban J connectivity index is 1.92. The van der Waals surface area contributed by atoms with Gasteiger partial charge < -0.3 is 0 Å². The fourth-order valence-corrected chi connectivity index (χ4v) is 3.03. The molecule has 0 amide bonds. The van der Waals surface area contributed by atoms with Crippen LogP contribution in [0, 0.1) is 0 Å². The molecule has 0 radical (unpaired) electrons. The van der Waals surface area contributed by atoms with E-state index in [4.69, 9.17) is 0 Å². The van der Waals surface area contributed by atoms with Gasteiger partial charge in [0.05, 0.1) is 0 Å². The number of hydrogen-bond donors (Lipinski definition) is 0. The van der Waals surface area contributed by atoms with Crippen LogP contribution < -0.4 is 0 Å². The molecule has 21 heavy (non-hydrogen) atoms. The molecule has 0 spiro atoms. The van der Waals surface area contributed by atoms with Crippen molar-refractivity contribution in [2.45, 2.75) is 0 Å². The van der Waals surface area contributed by atoms with E-state index in [0.717, 1.165) is 4.47 Å². The standard InChI is InChI=1S/C20H13Br/c21-20-9-7-14(8-10-20)17-5-6-18-11-15-3-1-2-4-16(15)12-19(18)13-17/h1-13H. The Labute approximate surface area is 132 Å². The first-order valence-corrected chi connectivity index (χ1v) is 7.77. The maximum Gasteiger partial charge on any atom is 0.0175 e. The molecule has 0 atom stereocenters. The van der Waals surface area contributed by atoms with Crippen LogP contribution in [0.2, 0.25) is 0 Å². The van der Waals surface area contributed by atoms with Gasteiger partial charge in [-0.25, -0.2) is 0 Å². The second-order valence-electron chi connectivity index (χ2n) is 5.27. The van der Waals surface area contributed by atoms with E-state index in [1.54, 1.807) is 0 Å². The Morgan fingerprint density at radius 3 is 1.76 bits per heavy atom. The highest BCUT2D eigenvalue weighted by molar-refractivity contribution is 9.10. The smallest absolute Gasteiger partial charge is 0.0175 e. The minimum atomic E-state index is 1.11. The summed E-state index contributed by atoms with van der Waals surface area (Å²) < 4.78 is 1.11. The van der Waals surface area contributed by atoms with Crippen molar-refractivity contribution in [3.8, 4) is 11.1 Å². The van der Waals surface area contributed by atoms with Crippen LogP contribution in [0.3, 0.4) is 0 Å². The maximum absolute atomic E-state index is 3.48. The van der Waals surface area contributed by atoms with Crippen molar-refractivity contribution in [3.63, 3.8) is 0 Å². The van der Waals surface area contributed by atoms with Crippen molar-refractivity contribution < 1.29 is 0 Å². The SMILES string of the molecule is Brc1ccc(-c2ccc3cc4ccccc4cc3c2)cc1. The normalized spacial score (nSPS) is 11.1. The van der Waals surface area contributed by atoms with Crippen molar-refractivity contribution in [2.24, 2.45) is 0 Å². The molecule has 0 aliphatic heterocycles. The Kier molecular flexibility index (Phi) is 3.01. The second-order valence-corrected chi connectivity index (χ2v) is 6.18. The molecule has 0 aliphatic carbocycles. The van der Waals surface area contributed by atoms with E-state index in [-0.39, 0.29) is 0 Å². The summed E-state index contributed by atoms with van der Waals surface area (Å²) in [6, 6.07) is 28.2. The molecular formula is C20H13Br. The highest BCUT2D eigenvalue weighted by Crippen LogP contribution is 2.28. The molecule has 4 aromatic rings. The number of hydrogen-bond acceptors (Lipinski definition) is 0. The lowest BCUT2D eigenvalue weighted by molar-refractivity contribution is 1.61. The van der Waals surface area contributed by atoms with Crippen LogP contribution in [-0.4, -0.2) is 0 Å². The van der Waals surface area contributed by atoms with Crippen LogP contribution in [0.25, 0.3) is 32.7 Å². The van der Waals surface area contributed by atoms with Crippen LogP contribution in [0.15, 0.2) is 83.3 Å². The van der Waals surface area contributed by atoms with E-state index in [1.807, 2.05) is 0 Å². The summed E-state index contributed by atoms with van der Waals surface area (Å²) in [6.07, 6.45) is 0. The van der Waals surface area contributed by atoms with Crippen LogP contribution in [-0.2, 0) is 0 Å². The summed E-state index contributed by atoms with van der Waals surface area (Å²) in [5.41, 5.74) is 2.50. The van der Waals surface area contributed by atoms with Crippen molar-refractivity contribution >= 4 is 37.5 Å². The zero-order valence-electron chi connectivity index (χ0n) is 11.4. The summed E-state index contributed by atoms with van der Waals surface area (Å²) in [7, 11) is 0. The zero-order chi connectivity index (χ0) is 14.2. The lowest BCUT2D eigenvalue weighted by Crippen LogP contribution is -1.80. The number of fused-ring (bicyclic) bond motifs is 2. The van der Waals surface area contributed by atoms with Crippen LogP contribution in [0.5, 0.6) is 0 Å². The molecule has 0 unspecified atom stereocenters. The van der Waals surface area contributed by atoms with Gasteiger partial charge in [-0.15, -0.1) is 0 Å². The second kappa shape index (κ2) is 5.01. The largest absolute Gasteiger partial charge is 0.0616 e. The molecule has 0 saturated carbocycles. The van der Waals surface area contributed by atoms with Gasteiger partial charge in [0.1, 0.15) is 0 Å². The predicted octanol–water partition coefficient (Wildman–Crippen LogP) is 6.42. The predicted molar refractivity (Wildman–Crippen MR) is 94.6 cm³/mol. The molecule has 4 rings (SSSR count). The van der Waals surface area contributed by atoms with Gasteiger partial charge in [0.25, 0.3) is 0 Å². The van der Waals surface area contributed by atoms with Crippen LogP contribution in [0.4, 0.5) is 0 Å². The first-order chi connectivity index (χ1) is 10.3. The van der Waals surface area contributed by atoms with E-state index in [1.165, 1.54) is 32.7 Å². The van der Waals surface area contributed by atoms with Gasteiger partial charge in [-0.3, -0.25) is 0 Å². The number of rotatable bonds is 1. The van der Waals surface area contributed by atoms with Crippen LogP contribution >= 0.6 is 15.9 Å². The topological polar surface area (TPSA) is 0 Å². The highest BCUT2D eigenvalue weighted by Gasteiger charge is 2.02. The molecule has 0 saturated heterocycles. The molecule has 0 nitrogen and oxygen atoms in total. The van der Waals surface area contributed by atoms with Crippen molar-refractivity contribution in [1.82, 2.24) is 0 Å². The van der Waals surface area contributed by atoms with Gasteiger partial charge in [-0.2, -0.15) is 0 Å². The summed E-state index contributed by atoms with van der Waals surface area (Å²) in [5.74, 6) is 0. The average molecular weight is 333 g/mol. The van der Waals surface area contributed by atoms with E-state index in [9.17, 15) is 0 Å². The maximum atomic E-state index is 3.48. The monoisotopic (exact) mass is 332 g/mol. The summed E-state index contributed by atoms with van der Waals surface area (Å²) in [4.78, 5) is 0. The average Bonchev–Trinajstić information content (AvgIpc) is 2.53. The third-order valence-corrected chi connectivity index (χ3v) is 4.41. The molecule has 4 aromatic carbocycles. The van der Waals surface area contributed by atoms with Gasteiger partial charge >= 0.3 is 0 Å². The van der Waals surface area contributed by atoms with E-state index < -0.39 is 0 Å². The van der Waals surface area contributed by atoms with Gasteiger partial charge in [-0.05, 0) is 63.0 Å². The van der Waals surface area contributed by atoms with Gasteiger partial charge in [0.15, 0.2) is 0 Å². The van der Waals surface area contributed by atoms with Gasteiger partial charge in [0.2, 0.25) is 0 Å². The minimum absolute atomic E-state index is 1.11. The first kappa shape index (κ1) is 12.6. The lowest BCUT2D eigenvalue weighted by Gasteiger charge is -2.06. The Morgan fingerprint density at radius 1 is 0.476 bits per heavy atom. The molecule has 1 heteroatoms. The Morgan fingerprint density at radius 2 is 1.05 bits per heavy atom. The van der Waals surface area contributed by atoms with Crippen molar-refractivity contribution in [1.29, 1.82) is 0 Å². The van der Waals surface area contributed by atoms with Crippen LogP contribution in [0.1, 0.15) is 0 Å². The third-order valence-electron chi connectivity index (χ3n) is 3.88. The Bertz CT molecular complexity index is 937. The molecule has 0 N–H and O–H groups in total.